The van der Waals surface area contributed by atoms with Crippen molar-refractivity contribution in [1.82, 2.24) is 4.90 Å². The smallest absolute Gasteiger partial charge is 0.320 e. The topological polar surface area (TPSA) is 29.5 Å². The van der Waals surface area contributed by atoms with E-state index in [1.807, 2.05) is 18.7 Å². The average molecular weight is 213 g/mol. The summed E-state index contributed by atoms with van der Waals surface area (Å²) >= 11 is 0. The summed E-state index contributed by atoms with van der Waals surface area (Å²) in [5.41, 5.74) is 1.07. The van der Waals surface area contributed by atoms with Crippen molar-refractivity contribution >= 4 is 5.97 Å². The van der Waals surface area contributed by atoms with Crippen LogP contribution in [-0.2, 0) is 9.53 Å². The van der Waals surface area contributed by atoms with Gasteiger partial charge in [-0.25, -0.2) is 0 Å². The minimum absolute atomic E-state index is 0.133. The molecule has 0 aliphatic rings. The predicted molar refractivity (Wildman–Crippen MR) is 62.8 cm³/mol. The molecule has 0 aliphatic carbocycles. The van der Waals surface area contributed by atoms with Gasteiger partial charge >= 0.3 is 5.97 Å². The Labute approximate surface area is 93.1 Å². The molecule has 0 aromatic rings. The molecule has 3 nitrogen and oxygen atoms in total. The van der Waals surface area contributed by atoms with Gasteiger partial charge in [-0.2, -0.15) is 0 Å². The molecule has 88 valence electrons. The van der Waals surface area contributed by atoms with E-state index in [9.17, 15) is 4.79 Å². The van der Waals surface area contributed by atoms with Crippen LogP contribution in [0.25, 0.3) is 0 Å². The molecule has 0 rings (SSSR count). The second-order valence-corrected chi connectivity index (χ2v) is 3.83. The van der Waals surface area contributed by atoms with Gasteiger partial charge in [0.1, 0.15) is 0 Å². The van der Waals surface area contributed by atoms with Crippen molar-refractivity contribution < 1.29 is 9.53 Å². The first-order chi connectivity index (χ1) is 7.10. The number of nitrogens with zero attached hydrogens (tertiary/aromatic N) is 1. The van der Waals surface area contributed by atoms with E-state index in [0.29, 0.717) is 13.2 Å². The van der Waals surface area contributed by atoms with Gasteiger partial charge in [0.25, 0.3) is 0 Å². The summed E-state index contributed by atoms with van der Waals surface area (Å²) in [6.45, 7) is 12.4. The van der Waals surface area contributed by atoms with E-state index in [1.54, 1.807) is 0 Å². The maximum absolute atomic E-state index is 11.4. The molecule has 3 heteroatoms. The number of hydrogen-bond acceptors (Lipinski definition) is 3. The fourth-order valence-corrected chi connectivity index (χ4v) is 1.22. The van der Waals surface area contributed by atoms with Crippen LogP contribution >= 0.6 is 0 Å². The molecule has 0 saturated carbocycles. The fraction of sp³-hybridized carbons (Fsp3) is 0.750. The first-order valence-electron chi connectivity index (χ1n) is 5.62. The Hall–Kier alpha value is -0.830. The van der Waals surface area contributed by atoms with Gasteiger partial charge in [0.15, 0.2) is 0 Å². The van der Waals surface area contributed by atoms with Crippen LogP contribution in [0.3, 0.4) is 0 Å². The van der Waals surface area contributed by atoms with Gasteiger partial charge in [-0.3, -0.25) is 9.69 Å². The summed E-state index contributed by atoms with van der Waals surface area (Å²) in [6, 6.07) is 0. The highest BCUT2D eigenvalue weighted by atomic mass is 16.5. The van der Waals surface area contributed by atoms with Crippen molar-refractivity contribution in [2.24, 2.45) is 0 Å². The molecule has 15 heavy (non-hydrogen) atoms. The monoisotopic (exact) mass is 213 g/mol. The van der Waals surface area contributed by atoms with Crippen LogP contribution in [-0.4, -0.2) is 37.1 Å². The number of ether oxygens (including phenoxy) is 1. The van der Waals surface area contributed by atoms with E-state index in [0.717, 1.165) is 31.5 Å². The highest BCUT2D eigenvalue weighted by Gasteiger charge is 2.09. The van der Waals surface area contributed by atoms with E-state index in [4.69, 9.17) is 4.74 Å². The Kier molecular flexibility index (Phi) is 8.01. The first-order valence-corrected chi connectivity index (χ1v) is 5.62. The van der Waals surface area contributed by atoms with Crippen molar-refractivity contribution in [3.63, 3.8) is 0 Å². The van der Waals surface area contributed by atoms with Crippen molar-refractivity contribution in [3.8, 4) is 0 Å². The second kappa shape index (κ2) is 8.48. The molecule has 0 N–H and O–H groups in total. The summed E-state index contributed by atoms with van der Waals surface area (Å²) < 4.78 is 5.09. The lowest BCUT2D eigenvalue weighted by Crippen LogP contribution is -2.32. The Bertz CT molecular complexity index is 202. The molecule has 0 fully saturated rings. The fourth-order valence-electron chi connectivity index (χ4n) is 1.22. The summed E-state index contributed by atoms with van der Waals surface area (Å²) in [6.07, 6.45) is 1.99. The lowest BCUT2D eigenvalue weighted by atomic mass is 10.3. The van der Waals surface area contributed by atoms with Gasteiger partial charge in [-0.05, 0) is 19.9 Å². The molecular formula is C12H23NO2. The average Bonchev–Trinajstić information content (AvgIpc) is 2.16. The highest BCUT2D eigenvalue weighted by Crippen LogP contribution is 1.97. The maximum atomic E-state index is 11.4. The minimum Gasteiger partial charge on any atom is -0.465 e. The summed E-state index contributed by atoms with van der Waals surface area (Å²) in [5.74, 6) is -0.133. The molecule has 0 atom stereocenters. The van der Waals surface area contributed by atoms with Crippen molar-refractivity contribution in [2.45, 2.75) is 33.6 Å². The third-order valence-corrected chi connectivity index (χ3v) is 2.05. The SMILES string of the molecule is C=C(C)CN(CC)CC(=O)OCCCC. The normalized spacial score (nSPS) is 10.4. The van der Waals surface area contributed by atoms with Crippen LogP contribution in [0.15, 0.2) is 12.2 Å². The zero-order valence-electron chi connectivity index (χ0n) is 10.2. The molecular weight excluding hydrogens is 190 g/mol. The lowest BCUT2D eigenvalue weighted by molar-refractivity contribution is -0.144. The van der Waals surface area contributed by atoms with E-state index < -0.39 is 0 Å². The molecule has 0 aromatic heterocycles. The maximum Gasteiger partial charge on any atom is 0.320 e. The molecule has 0 aliphatic heterocycles. The van der Waals surface area contributed by atoms with Crippen LogP contribution in [0.4, 0.5) is 0 Å². The number of likely N-dealkylation sites (N-methyl/N-ethyl adjacent to an activating group) is 1. The van der Waals surface area contributed by atoms with Crippen LogP contribution in [0.5, 0.6) is 0 Å². The van der Waals surface area contributed by atoms with Gasteiger partial charge in [0, 0.05) is 6.54 Å². The van der Waals surface area contributed by atoms with Crippen LogP contribution in [0, 0.1) is 0 Å². The number of carbonyl (C=O) groups is 1. The number of hydrogen-bond donors (Lipinski definition) is 0. The quantitative estimate of drug-likeness (QED) is 0.352. The summed E-state index contributed by atoms with van der Waals surface area (Å²) in [5, 5.41) is 0. The second-order valence-electron chi connectivity index (χ2n) is 3.83. The number of carbonyl (C=O) groups excluding carboxylic acids is 1. The predicted octanol–water partition coefficient (Wildman–Crippen LogP) is 2.23. The molecule has 0 saturated heterocycles. The zero-order chi connectivity index (χ0) is 11.7. The van der Waals surface area contributed by atoms with Crippen molar-refractivity contribution in [3.05, 3.63) is 12.2 Å². The largest absolute Gasteiger partial charge is 0.465 e. The minimum atomic E-state index is -0.133. The Morgan fingerprint density at radius 1 is 1.33 bits per heavy atom. The molecule has 0 amide bonds. The van der Waals surface area contributed by atoms with Gasteiger partial charge in [-0.15, -0.1) is 0 Å². The summed E-state index contributed by atoms with van der Waals surface area (Å²) in [4.78, 5) is 13.4. The molecule has 0 bridgehead atoms. The Balaban J connectivity index is 3.75. The molecule has 0 aromatic carbocycles. The Morgan fingerprint density at radius 3 is 2.47 bits per heavy atom. The van der Waals surface area contributed by atoms with Gasteiger partial charge < -0.3 is 4.74 Å². The standard InChI is InChI=1S/C12H23NO2/c1-5-7-8-15-12(14)10-13(6-2)9-11(3)4/h3,5-10H2,1-2,4H3. The third kappa shape index (κ3) is 8.18. The van der Waals surface area contributed by atoms with E-state index in [-0.39, 0.29) is 5.97 Å². The molecule has 0 radical (unpaired) electrons. The van der Waals surface area contributed by atoms with Crippen LogP contribution in [0.1, 0.15) is 33.6 Å². The third-order valence-electron chi connectivity index (χ3n) is 2.05. The molecule has 0 spiro atoms. The van der Waals surface area contributed by atoms with Crippen molar-refractivity contribution in [2.75, 3.05) is 26.2 Å². The van der Waals surface area contributed by atoms with Gasteiger partial charge in [-0.1, -0.05) is 32.4 Å². The van der Waals surface area contributed by atoms with E-state index >= 15 is 0 Å². The van der Waals surface area contributed by atoms with E-state index in [1.165, 1.54) is 0 Å². The van der Waals surface area contributed by atoms with Gasteiger partial charge in [0.2, 0.25) is 0 Å². The van der Waals surface area contributed by atoms with E-state index in [2.05, 4.69) is 13.5 Å². The number of unbranched alkanes of at least 4 members (excludes halogenated alkanes) is 1. The highest BCUT2D eigenvalue weighted by molar-refractivity contribution is 5.71. The first kappa shape index (κ1) is 14.2. The molecule has 0 unspecified atom stereocenters. The van der Waals surface area contributed by atoms with Crippen LogP contribution in [0.2, 0.25) is 0 Å². The van der Waals surface area contributed by atoms with Crippen molar-refractivity contribution in [1.29, 1.82) is 0 Å². The summed E-state index contributed by atoms with van der Waals surface area (Å²) in [7, 11) is 0. The van der Waals surface area contributed by atoms with Crippen LogP contribution < -0.4 is 0 Å². The molecule has 0 heterocycles. The van der Waals surface area contributed by atoms with Gasteiger partial charge in [0.05, 0.1) is 13.2 Å². The Morgan fingerprint density at radius 2 is 2.00 bits per heavy atom. The lowest BCUT2D eigenvalue weighted by Gasteiger charge is -2.19. The zero-order valence-corrected chi connectivity index (χ0v) is 10.2. The number of rotatable bonds is 8. The number of esters is 1.